The minimum atomic E-state index is -3.57. The smallest absolute Gasteiger partial charge is 0.240 e. The van der Waals surface area contributed by atoms with Gasteiger partial charge in [0.25, 0.3) is 0 Å². The van der Waals surface area contributed by atoms with Crippen molar-refractivity contribution in [1.29, 1.82) is 0 Å². The zero-order chi connectivity index (χ0) is 15.3. The average molecular weight is 298 g/mol. The van der Waals surface area contributed by atoms with Crippen LogP contribution in [0.2, 0.25) is 0 Å². The van der Waals surface area contributed by atoms with Crippen LogP contribution in [-0.2, 0) is 14.8 Å². The highest BCUT2D eigenvalue weighted by Crippen LogP contribution is 2.16. The van der Waals surface area contributed by atoms with Gasteiger partial charge in [-0.15, -0.1) is 0 Å². The molecule has 0 saturated carbocycles. The number of rotatable bonds is 6. The van der Waals surface area contributed by atoms with Gasteiger partial charge in [0.2, 0.25) is 15.9 Å². The molecule has 0 aromatic heterocycles. The summed E-state index contributed by atoms with van der Waals surface area (Å²) in [6.45, 7) is 7.40. The van der Waals surface area contributed by atoms with Crippen LogP contribution in [0.1, 0.15) is 31.4 Å². The van der Waals surface area contributed by atoms with E-state index in [1.807, 2.05) is 26.8 Å². The minimum Gasteiger partial charge on any atom is -0.354 e. The minimum absolute atomic E-state index is 0.0538. The Labute approximate surface area is 120 Å². The summed E-state index contributed by atoms with van der Waals surface area (Å²) in [5.74, 6) is -0.163. The third-order valence-corrected chi connectivity index (χ3v) is 4.33. The monoisotopic (exact) mass is 298 g/mol. The van der Waals surface area contributed by atoms with Gasteiger partial charge in [-0.1, -0.05) is 12.1 Å². The molecule has 2 N–H and O–H groups in total. The van der Waals surface area contributed by atoms with Gasteiger partial charge in [0.1, 0.15) is 0 Å². The van der Waals surface area contributed by atoms with Crippen molar-refractivity contribution in [3.63, 3.8) is 0 Å². The van der Waals surface area contributed by atoms with E-state index in [0.717, 1.165) is 5.56 Å². The molecule has 0 saturated heterocycles. The summed E-state index contributed by atoms with van der Waals surface area (Å²) in [6.07, 6.45) is 0.127. The second-order valence-electron chi connectivity index (χ2n) is 5.14. The van der Waals surface area contributed by atoms with Gasteiger partial charge >= 0.3 is 0 Å². The van der Waals surface area contributed by atoms with E-state index < -0.39 is 10.0 Å². The Morgan fingerprint density at radius 2 is 1.90 bits per heavy atom. The molecule has 1 amide bonds. The first-order chi connectivity index (χ1) is 9.22. The Balaban J connectivity index is 2.67. The predicted octanol–water partition coefficient (Wildman–Crippen LogP) is 1.50. The second-order valence-corrected chi connectivity index (χ2v) is 6.87. The summed E-state index contributed by atoms with van der Waals surface area (Å²) in [4.78, 5) is 11.7. The molecule has 0 aliphatic heterocycles. The number of hydrogen-bond acceptors (Lipinski definition) is 3. The van der Waals surface area contributed by atoms with Crippen molar-refractivity contribution in [2.75, 3.05) is 6.54 Å². The van der Waals surface area contributed by atoms with Gasteiger partial charge in [0.05, 0.1) is 4.90 Å². The number of aryl methyl sites for hydroxylation is 2. The van der Waals surface area contributed by atoms with Crippen molar-refractivity contribution in [3.8, 4) is 0 Å². The zero-order valence-corrected chi connectivity index (χ0v) is 13.2. The van der Waals surface area contributed by atoms with Crippen LogP contribution in [0.25, 0.3) is 0 Å². The number of nitrogens with one attached hydrogen (secondary N) is 2. The molecule has 0 atom stereocenters. The van der Waals surface area contributed by atoms with E-state index in [1.165, 1.54) is 0 Å². The summed E-state index contributed by atoms with van der Waals surface area (Å²) in [7, 11) is -3.57. The van der Waals surface area contributed by atoms with Crippen molar-refractivity contribution in [2.24, 2.45) is 0 Å². The summed E-state index contributed by atoms with van der Waals surface area (Å²) >= 11 is 0. The Bertz CT molecular complexity index is 580. The summed E-state index contributed by atoms with van der Waals surface area (Å²) in [6, 6.07) is 5.32. The first-order valence-electron chi connectivity index (χ1n) is 6.58. The molecule has 0 radical (unpaired) electrons. The largest absolute Gasteiger partial charge is 0.354 e. The van der Waals surface area contributed by atoms with E-state index in [4.69, 9.17) is 0 Å². The van der Waals surface area contributed by atoms with E-state index in [1.54, 1.807) is 19.1 Å². The fraction of sp³-hybridized carbons (Fsp3) is 0.500. The standard InChI is InChI=1S/C14H22N2O3S/c1-10(2)16-14(17)7-8-15-20(18,19)13-9-11(3)5-6-12(13)4/h5-6,9-10,15H,7-8H2,1-4H3,(H,16,17). The second kappa shape index (κ2) is 6.85. The van der Waals surface area contributed by atoms with Crippen molar-refractivity contribution in [2.45, 2.75) is 45.1 Å². The molecule has 0 unspecified atom stereocenters. The van der Waals surface area contributed by atoms with Crippen LogP contribution in [0.5, 0.6) is 0 Å². The molecule has 112 valence electrons. The van der Waals surface area contributed by atoms with Gasteiger partial charge in [0.15, 0.2) is 0 Å². The normalized spacial score (nSPS) is 11.7. The highest BCUT2D eigenvalue weighted by Gasteiger charge is 2.16. The van der Waals surface area contributed by atoms with Crippen molar-refractivity contribution < 1.29 is 13.2 Å². The lowest BCUT2D eigenvalue weighted by atomic mass is 10.2. The Morgan fingerprint density at radius 3 is 2.50 bits per heavy atom. The number of hydrogen-bond donors (Lipinski definition) is 2. The Kier molecular flexibility index (Phi) is 5.71. The maximum absolute atomic E-state index is 12.2. The van der Waals surface area contributed by atoms with Gasteiger partial charge < -0.3 is 5.32 Å². The van der Waals surface area contributed by atoms with Gasteiger partial charge in [-0.25, -0.2) is 13.1 Å². The van der Waals surface area contributed by atoms with Crippen LogP contribution in [-0.4, -0.2) is 26.9 Å². The Morgan fingerprint density at radius 1 is 1.25 bits per heavy atom. The maximum atomic E-state index is 12.2. The Hall–Kier alpha value is -1.40. The molecule has 0 fully saturated rings. The third-order valence-electron chi connectivity index (χ3n) is 2.73. The quantitative estimate of drug-likeness (QED) is 0.835. The molecule has 5 nitrogen and oxygen atoms in total. The lowest BCUT2D eigenvalue weighted by molar-refractivity contribution is -0.121. The average Bonchev–Trinajstić information content (AvgIpc) is 2.30. The SMILES string of the molecule is Cc1ccc(C)c(S(=O)(=O)NCCC(=O)NC(C)C)c1. The van der Waals surface area contributed by atoms with Crippen LogP contribution in [0, 0.1) is 13.8 Å². The molecule has 0 heterocycles. The molecule has 0 aliphatic rings. The first kappa shape index (κ1) is 16.7. The molecular weight excluding hydrogens is 276 g/mol. The van der Waals surface area contributed by atoms with E-state index in [-0.39, 0.29) is 29.8 Å². The van der Waals surface area contributed by atoms with Crippen LogP contribution in [0.15, 0.2) is 23.1 Å². The third kappa shape index (κ3) is 4.94. The lowest BCUT2D eigenvalue weighted by Crippen LogP contribution is -2.34. The van der Waals surface area contributed by atoms with E-state index in [2.05, 4.69) is 10.0 Å². The molecule has 1 aromatic rings. The number of amides is 1. The molecule has 1 aromatic carbocycles. The van der Waals surface area contributed by atoms with Gasteiger partial charge in [-0.05, 0) is 44.9 Å². The van der Waals surface area contributed by atoms with Crippen LogP contribution in [0.3, 0.4) is 0 Å². The van der Waals surface area contributed by atoms with Crippen molar-refractivity contribution >= 4 is 15.9 Å². The number of sulfonamides is 1. The fourth-order valence-corrected chi connectivity index (χ4v) is 3.13. The highest BCUT2D eigenvalue weighted by molar-refractivity contribution is 7.89. The molecule has 0 bridgehead atoms. The molecular formula is C14H22N2O3S. The van der Waals surface area contributed by atoms with Crippen LogP contribution >= 0.6 is 0 Å². The maximum Gasteiger partial charge on any atom is 0.240 e. The predicted molar refractivity (Wildman–Crippen MR) is 79.0 cm³/mol. The number of carbonyl (C=O) groups excluding carboxylic acids is 1. The zero-order valence-electron chi connectivity index (χ0n) is 12.4. The molecule has 1 rings (SSSR count). The lowest BCUT2D eigenvalue weighted by Gasteiger charge is -2.11. The van der Waals surface area contributed by atoms with E-state index in [9.17, 15) is 13.2 Å². The summed E-state index contributed by atoms with van der Waals surface area (Å²) in [5, 5.41) is 2.72. The number of benzene rings is 1. The van der Waals surface area contributed by atoms with Gasteiger partial charge in [0, 0.05) is 19.0 Å². The fourth-order valence-electron chi connectivity index (χ4n) is 1.77. The van der Waals surface area contributed by atoms with Crippen molar-refractivity contribution in [1.82, 2.24) is 10.0 Å². The van der Waals surface area contributed by atoms with Gasteiger partial charge in [-0.3, -0.25) is 4.79 Å². The summed E-state index contributed by atoms with van der Waals surface area (Å²) < 4.78 is 26.8. The topological polar surface area (TPSA) is 75.3 Å². The van der Waals surface area contributed by atoms with E-state index >= 15 is 0 Å². The number of carbonyl (C=O) groups is 1. The molecule has 20 heavy (non-hydrogen) atoms. The summed E-state index contributed by atoms with van der Waals surface area (Å²) in [5.41, 5.74) is 1.57. The molecule has 0 aliphatic carbocycles. The van der Waals surface area contributed by atoms with Crippen LogP contribution < -0.4 is 10.0 Å². The molecule has 0 spiro atoms. The van der Waals surface area contributed by atoms with Gasteiger partial charge in [-0.2, -0.15) is 0 Å². The highest BCUT2D eigenvalue weighted by atomic mass is 32.2. The van der Waals surface area contributed by atoms with E-state index in [0.29, 0.717) is 5.56 Å². The molecule has 6 heteroatoms. The first-order valence-corrected chi connectivity index (χ1v) is 8.07. The van der Waals surface area contributed by atoms with Crippen LogP contribution in [0.4, 0.5) is 0 Å². The van der Waals surface area contributed by atoms with Crippen molar-refractivity contribution in [3.05, 3.63) is 29.3 Å².